The molecule has 1 radical (unpaired) electrons. The zero-order valence-corrected chi connectivity index (χ0v) is 14.8. The third kappa shape index (κ3) is 2.45. The highest BCUT2D eigenvalue weighted by Gasteiger charge is 2.45. The van der Waals surface area contributed by atoms with Gasteiger partial charge in [0.25, 0.3) is 7.95 Å². The summed E-state index contributed by atoms with van der Waals surface area (Å²) in [7, 11) is -8.78. The van der Waals surface area contributed by atoms with Crippen LogP contribution >= 0.6 is 0 Å². The highest BCUT2D eigenvalue weighted by molar-refractivity contribution is 8.23. The zero-order chi connectivity index (χ0) is 16.1. The number of hydrogen-bond donors (Lipinski definition) is 0. The topological polar surface area (TPSA) is 68.3 Å². The molecule has 22 heavy (non-hydrogen) atoms. The Morgan fingerprint density at radius 1 is 0.773 bits per heavy atom. The Kier molecular flexibility index (Phi) is 3.58. The van der Waals surface area contributed by atoms with Crippen molar-refractivity contribution in [2.24, 2.45) is 0 Å². The number of rotatable bonds is 2. The summed E-state index contributed by atoms with van der Waals surface area (Å²) in [6, 6.07) is 14.0. The summed E-state index contributed by atoms with van der Waals surface area (Å²) in [4.78, 5) is 0. The van der Waals surface area contributed by atoms with E-state index in [1.165, 1.54) is 12.5 Å². The molecule has 0 bridgehead atoms. The number of hydrogen-bond acceptors (Lipinski definition) is 4. The first-order valence-electron chi connectivity index (χ1n) is 6.66. The van der Waals surface area contributed by atoms with Gasteiger partial charge in [-0.15, -0.1) is 0 Å². The minimum Gasteiger partial charge on any atom is -0.240 e. The maximum Gasteiger partial charge on any atom is 0.355 e. The third-order valence-electron chi connectivity index (χ3n) is 3.77. The van der Waals surface area contributed by atoms with Crippen molar-refractivity contribution in [1.29, 1.82) is 0 Å². The molecule has 1 aliphatic rings. The molecule has 1 heterocycles. The second-order valence-electron chi connectivity index (χ2n) is 5.49. The highest BCUT2D eigenvalue weighted by atomic mass is 32.4. The standard InChI is InChI=1S/C14H14BO4S2Si/c1-20(16,17)15-11-7-3-5-9-13(11)22(21(2,18)19)14-10-6-4-8-12(14)15/h3-10H,1-2H3. The van der Waals surface area contributed by atoms with Gasteiger partial charge in [-0.2, -0.15) is 0 Å². The summed E-state index contributed by atoms with van der Waals surface area (Å²) >= 11 is 0. The molecule has 3 rings (SSSR count). The highest BCUT2D eigenvalue weighted by Crippen LogP contribution is 2.07. The first kappa shape index (κ1) is 15.5. The summed E-state index contributed by atoms with van der Waals surface area (Å²) in [5.74, 6) is -0.796. The van der Waals surface area contributed by atoms with Crippen molar-refractivity contribution < 1.29 is 16.8 Å². The maximum absolute atomic E-state index is 12.4. The van der Waals surface area contributed by atoms with Gasteiger partial charge >= 0.3 is 5.99 Å². The Labute approximate surface area is 132 Å². The van der Waals surface area contributed by atoms with E-state index in [0.29, 0.717) is 21.3 Å². The number of benzene rings is 2. The SMILES string of the molecule is CS(=O)(=O)B1c2ccccc2[Si](S(C)(=O)=O)c2ccccc21. The van der Waals surface area contributed by atoms with Crippen LogP contribution in [0.15, 0.2) is 48.5 Å². The van der Waals surface area contributed by atoms with Crippen LogP contribution in [0.5, 0.6) is 0 Å². The fourth-order valence-corrected chi connectivity index (χ4v) is 10.7. The molecule has 0 unspecified atom stereocenters. The molecule has 113 valence electrons. The minimum atomic E-state index is -3.40. The molecular weight excluding hydrogens is 335 g/mol. The van der Waals surface area contributed by atoms with E-state index in [0.717, 1.165) is 0 Å². The first-order chi connectivity index (χ1) is 10.2. The summed E-state index contributed by atoms with van der Waals surface area (Å²) in [5, 5.41) is 1.31. The first-order valence-corrected chi connectivity index (χ1v) is 12.7. The minimum absolute atomic E-state index is 0.600. The van der Waals surface area contributed by atoms with Crippen molar-refractivity contribution in [3.8, 4) is 0 Å². The predicted octanol–water partition coefficient (Wildman–Crippen LogP) is -1.70. The van der Waals surface area contributed by atoms with Crippen LogP contribution in [-0.2, 0) is 19.0 Å². The van der Waals surface area contributed by atoms with Crippen molar-refractivity contribution >= 4 is 54.2 Å². The maximum atomic E-state index is 12.4. The summed E-state index contributed by atoms with van der Waals surface area (Å²) in [6.45, 7) is 0. The zero-order valence-electron chi connectivity index (χ0n) is 12.1. The van der Waals surface area contributed by atoms with Gasteiger partial charge in [0.2, 0.25) is 0 Å². The molecule has 0 saturated heterocycles. The van der Waals surface area contributed by atoms with Crippen molar-refractivity contribution in [1.82, 2.24) is 0 Å². The lowest BCUT2D eigenvalue weighted by atomic mass is 9.61. The van der Waals surface area contributed by atoms with Gasteiger partial charge in [-0.05, 0) is 10.4 Å². The Bertz CT molecular complexity index is 829. The van der Waals surface area contributed by atoms with Crippen LogP contribution in [0.4, 0.5) is 0 Å². The monoisotopic (exact) mass is 349 g/mol. The lowest BCUT2D eigenvalue weighted by Gasteiger charge is -2.28. The van der Waals surface area contributed by atoms with Gasteiger partial charge in [0, 0.05) is 12.5 Å². The molecule has 0 fully saturated rings. The summed E-state index contributed by atoms with van der Waals surface area (Å²) in [6.07, 6.45) is 2.43. The van der Waals surface area contributed by atoms with Crippen LogP contribution in [0, 0.1) is 0 Å². The van der Waals surface area contributed by atoms with Crippen LogP contribution in [0.25, 0.3) is 0 Å². The second-order valence-corrected chi connectivity index (χ2v) is 14.3. The Morgan fingerprint density at radius 3 is 1.55 bits per heavy atom. The molecule has 0 aromatic heterocycles. The van der Waals surface area contributed by atoms with Crippen LogP contribution in [0.3, 0.4) is 0 Å². The summed E-state index contributed by atoms with van der Waals surface area (Å²) in [5.41, 5.74) is 1.20. The van der Waals surface area contributed by atoms with Crippen molar-refractivity contribution in [2.75, 3.05) is 12.5 Å². The normalized spacial score (nSPS) is 15.3. The van der Waals surface area contributed by atoms with Gasteiger partial charge in [0.1, 0.15) is 19.0 Å². The molecule has 2 aromatic carbocycles. The van der Waals surface area contributed by atoms with E-state index in [4.69, 9.17) is 0 Å². The molecule has 0 saturated carbocycles. The van der Waals surface area contributed by atoms with Crippen LogP contribution in [0.2, 0.25) is 0 Å². The smallest absolute Gasteiger partial charge is 0.240 e. The molecule has 0 aliphatic carbocycles. The molecule has 0 N–H and O–H groups in total. The van der Waals surface area contributed by atoms with Crippen molar-refractivity contribution in [3.05, 3.63) is 48.5 Å². The van der Waals surface area contributed by atoms with Crippen LogP contribution < -0.4 is 21.3 Å². The fraction of sp³-hybridized carbons (Fsp3) is 0.143. The predicted molar refractivity (Wildman–Crippen MR) is 92.6 cm³/mol. The lowest BCUT2D eigenvalue weighted by molar-refractivity contribution is 0.612. The number of fused-ring (bicyclic) bond motifs is 2. The van der Waals surface area contributed by atoms with Gasteiger partial charge in [0.05, 0.1) is 0 Å². The average molecular weight is 349 g/mol. The van der Waals surface area contributed by atoms with E-state index in [-0.39, 0.29) is 0 Å². The van der Waals surface area contributed by atoms with E-state index < -0.39 is 32.9 Å². The third-order valence-corrected chi connectivity index (χ3v) is 11.3. The Hall–Kier alpha value is -1.38. The molecule has 0 amide bonds. The fourth-order valence-electron chi connectivity index (χ4n) is 3.04. The van der Waals surface area contributed by atoms with Crippen LogP contribution in [-0.4, -0.2) is 43.3 Å². The van der Waals surface area contributed by atoms with E-state index in [9.17, 15) is 16.8 Å². The largest absolute Gasteiger partial charge is 0.355 e. The van der Waals surface area contributed by atoms with Crippen molar-refractivity contribution in [3.63, 3.8) is 0 Å². The molecule has 4 nitrogen and oxygen atoms in total. The van der Waals surface area contributed by atoms with Gasteiger partial charge in [-0.25, -0.2) is 16.8 Å². The molecule has 0 spiro atoms. The van der Waals surface area contributed by atoms with Crippen molar-refractivity contribution in [2.45, 2.75) is 0 Å². The molecule has 1 aliphatic heterocycles. The van der Waals surface area contributed by atoms with E-state index >= 15 is 0 Å². The molecule has 0 atom stereocenters. The second kappa shape index (κ2) is 5.07. The van der Waals surface area contributed by atoms with Gasteiger partial charge in [-0.3, -0.25) is 0 Å². The van der Waals surface area contributed by atoms with Gasteiger partial charge in [-0.1, -0.05) is 59.5 Å². The quantitative estimate of drug-likeness (QED) is 0.607. The van der Waals surface area contributed by atoms with Crippen LogP contribution in [0.1, 0.15) is 0 Å². The van der Waals surface area contributed by atoms with Gasteiger partial charge in [0.15, 0.2) is 0 Å². The van der Waals surface area contributed by atoms with E-state index in [1.54, 1.807) is 48.5 Å². The average Bonchev–Trinajstić information content (AvgIpc) is 2.41. The molecule has 2 aromatic rings. The lowest BCUT2D eigenvalue weighted by Crippen LogP contribution is -2.72. The van der Waals surface area contributed by atoms with E-state index in [1.807, 2.05) is 0 Å². The van der Waals surface area contributed by atoms with E-state index in [2.05, 4.69) is 0 Å². The molecule has 8 heteroatoms. The molecular formula is C14H14BO4S2Si. The summed E-state index contributed by atoms with van der Waals surface area (Å²) < 4.78 is 49.4. The Balaban J connectivity index is 2.44. The Morgan fingerprint density at radius 2 is 1.18 bits per heavy atom. The van der Waals surface area contributed by atoms with Gasteiger partial charge < -0.3 is 0 Å².